The van der Waals surface area contributed by atoms with E-state index < -0.39 is 0 Å². The summed E-state index contributed by atoms with van der Waals surface area (Å²) in [7, 11) is 3.68. The first-order valence-corrected chi connectivity index (χ1v) is 7.28. The van der Waals surface area contributed by atoms with Gasteiger partial charge in [-0.3, -0.25) is 4.79 Å². The second kappa shape index (κ2) is 8.17. The van der Waals surface area contributed by atoms with E-state index in [1.807, 2.05) is 13.1 Å². The summed E-state index contributed by atoms with van der Waals surface area (Å²) in [5.74, 6) is 0.0649. The third-order valence-electron chi connectivity index (χ3n) is 2.98. The van der Waals surface area contributed by atoms with Gasteiger partial charge >= 0.3 is 0 Å². The maximum atomic E-state index is 11.3. The van der Waals surface area contributed by atoms with Crippen molar-refractivity contribution in [2.75, 3.05) is 32.1 Å². The highest BCUT2D eigenvalue weighted by Gasteiger charge is 2.09. The Morgan fingerprint density at radius 1 is 1.42 bits per heavy atom. The molecule has 2 N–H and O–H groups in total. The molecule has 4 nitrogen and oxygen atoms in total. The van der Waals surface area contributed by atoms with Crippen molar-refractivity contribution in [2.45, 2.75) is 19.9 Å². The molecular formula is C14H22BrN3O. The van der Waals surface area contributed by atoms with Crippen LogP contribution in [0.15, 0.2) is 22.7 Å². The van der Waals surface area contributed by atoms with Crippen molar-refractivity contribution in [2.24, 2.45) is 0 Å². The fraction of sp³-hybridized carbons (Fsp3) is 0.500. The molecule has 0 aliphatic rings. The average Bonchev–Trinajstić information content (AvgIpc) is 2.42. The van der Waals surface area contributed by atoms with Crippen LogP contribution in [0.4, 0.5) is 5.69 Å². The van der Waals surface area contributed by atoms with Gasteiger partial charge in [0.2, 0.25) is 5.91 Å². The molecule has 0 aliphatic heterocycles. The highest BCUT2D eigenvalue weighted by Crippen LogP contribution is 2.24. The molecular weight excluding hydrogens is 306 g/mol. The Hall–Kier alpha value is -1.07. The molecule has 19 heavy (non-hydrogen) atoms. The van der Waals surface area contributed by atoms with Gasteiger partial charge < -0.3 is 15.5 Å². The smallest absolute Gasteiger partial charge is 0.221 e. The van der Waals surface area contributed by atoms with Crippen molar-refractivity contribution in [1.29, 1.82) is 0 Å². The van der Waals surface area contributed by atoms with Crippen molar-refractivity contribution in [3.05, 3.63) is 28.2 Å². The molecule has 0 aromatic heterocycles. The summed E-state index contributed by atoms with van der Waals surface area (Å²) in [6, 6.07) is 6.25. The maximum absolute atomic E-state index is 11.3. The summed E-state index contributed by atoms with van der Waals surface area (Å²) in [4.78, 5) is 13.4. The molecule has 1 aromatic rings. The number of nitrogens with zero attached hydrogens (tertiary/aromatic N) is 1. The van der Waals surface area contributed by atoms with Gasteiger partial charge in [-0.2, -0.15) is 0 Å². The van der Waals surface area contributed by atoms with E-state index in [0.29, 0.717) is 13.0 Å². The largest absolute Gasteiger partial charge is 0.374 e. The van der Waals surface area contributed by atoms with Crippen LogP contribution >= 0.6 is 15.9 Å². The minimum atomic E-state index is 0.0649. The van der Waals surface area contributed by atoms with E-state index in [9.17, 15) is 4.79 Å². The minimum Gasteiger partial charge on any atom is -0.374 e. The number of carbonyl (C=O) groups excluding carboxylic acids is 1. The first-order valence-electron chi connectivity index (χ1n) is 6.49. The monoisotopic (exact) mass is 327 g/mol. The third-order valence-corrected chi connectivity index (χ3v) is 3.47. The molecule has 106 valence electrons. The standard InChI is InChI=1S/C14H22BrN3O/c1-4-17-10-11-5-6-12(15)9-13(11)18(3)8-7-14(19)16-2/h5-6,9,17H,4,7-8,10H2,1-3H3,(H,16,19). The fourth-order valence-electron chi connectivity index (χ4n) is 1.82. The molecule has 1 aromatic carbocycles. The molecule has 0 saturated heterocycles. The molecule has 0 bridgehead atoms. The molecule has 5 heteroatoms. The van der Waals surface area contributed by atoms with Gasteiger partial charge in [0.1, 0.15) is 0 Å². The van der Waals surface area contributed by atoms with E-state index in [-0.39, 0.29) is 5.91 Å². The molecule has 0 spiro atoms. The van der Waals surface area contributed by atoms with Crippen molar-refractivity contribution < 1.29 is 4.79 Å². The van der Waals surface area contributed by atoms with E-state index in [4.69, 9.17) is 0 Å². The Bertz CT molecular complexity index is 423. The lowest BCUT2D eigenvalue weighted by Crippen LogP contribution is -2.27. The number of rotatable bonds is 7. The molecule has 1 amide bonds. The highest BCUT2D eigenvalue weighted by molar-refractivity contribution is 9.10. The first kappa shape index (κ1) is 16.0. The fourth-order valence-corrected chi connectivity index (χ4v) is 2.17. The second-order valence-electron chi connectivity index (χ2n) is 4.40. The summed E-state index contributed by atoms with van der Waals surface area (Å²) in [5, 5.41) is 5.98. The number of benzene rings is 1. The molecule has 0 unspecified atom stereocenters. The Morgan fingerprint density at radius 2 is 2.16 bits per heavy atom. The van der Waals surface area contributed by atoms with E-state index in [0.717, 1.165) is 23.2 Å². The van der Waals surface area contributed by atoms with Crippen LogP contribution in [0.2, 0.25) is 0 Å². The van der Waals surface area contributed by atoms with E-state index in [1.54, 1.807) is 7.05 Å². The van der Waals surface area contributed by atoms with Crippen molar-refractivity contribution >= 4 is 27.5 Å². The number of halogens is 1. The van der Waals surface area contributed by atoms with E-state index >= 15 is 0 Å². The van der Waals surface area contributed by atoms with Gasteiger partial charge in [-0.05, 0) is 24.2 Å². The number of hydrogen-bond acceptors (Lipinski definition) is 3. The Balaban J connectivity index is 2.77. The van der Waals surface area contributed by atoms with Crippen LogP contribution in [0, 0.1) is 0 Å². The third kappa shape index (κ3) is 5.20. The van der Waals surface area contributed by atoms with Gasteiger partial charge in [0.05, 0.1) is 0 Å². The summed E-state index contributed by atoms with van der Waals surface area (Å²) >= 11 is 3.50. The van der Waals surface area contributed by atoms with Crippen molar-refractivity contribution in [1.82, 2.24) is 10.6 Å². The number of anilines is 1. The lowest BCUT2D eigenvalue weighted by Gasteiger charge is -2.22. The maximum Gasteiger partial charge on any atom is 0.221 e. The Kier molecular flexibility index (Phi) is 6.87. The minimum absolute atomic E-state index is 0.0649. The zero-order valence-corrected chi connectivity index (χ0v) is 13.4. The highest BCUT2D eigenvalue weighted by atomic mass is 79.9. The van der Waals surface area contributed by atoms with Gasteiger partial charge in [-0.1, -0.05) is 28.9 Å². The molecule has 1 rings (SSSR count). The van der Waals surface area contributed by atoms with Gasteiger partial charge in [-0.25, -0.2) is 0 Å². The zero-order valence-electron chi connectivity index (χ0n) is 11.8. The SMILES string of the molecule is CCNCc1ccc(Br)cc1N(C)CCC(=O)NC. The predicted molar refractivity (Wildman–Crippen MR) is 83.5 cm³/mol. The van der Waals surface area contributed by atoms with Crippen LogP contribution in [0.1, 0.15) is 18.9 Å². The topological polar surface area (TPSA) is 44.4 Å². The van der Waals surface area contributed by atoms with Crippen LogP contribution in [0.5, 0.6) is 0 Å². The second-order valence-corrected chi connectivity index (χ2v) is 5.31. The van der Waals surface area contributed by atoms with Gasteiger partial charge in [0.15, 0.2) is 0 Å². The van der Waals surface area contributed by atoms with Gasteiger partial charge in [0.25, 0.3) is 0 Å². The van der Waals surface area contributed by atoms with Crippen molar-refractivity contribution in [3.63, 3.8) is 0 Å². The number of hydrogen-bond donors (Lipinski definition) is 2. The van der Waals surface area contributed by atoms with Crippen LogP contribution in [-0.2, 0) is 11.3 Å². The quantitative estimate of drug-likeness (QED) is 0.806. The Labute approximate surface area is 123 Å². The molecule has 0 heterocycles. The van der Waals surface area contributed by atoms with Crippen LogP contribution in [0.3, 0.4) is 0 Å². The van der Waals surface area contributed by atoms with Gasteiger partial charge in [-0.15, -0.1) is 0 Å². The van der Waals surface area contributed by atoms with E-state index in [1.165, 1.54) is 5.56 Å². The summed E-state index contributed by atoms with van der Waals surface area (Å²) in [5.41, 5.74) is 2.39. The average molecular weight is 328 g/mol. The molecule has 0 aliphatic carbocycles. The normalized spacial score (nSPS) is 10.3. The Morgan fingerprint density at radius 3 is 2.79 bits per heavy atom. The lowest BCUT2D eigenvalue weighted by molar-refractivity contribution is -0.120. The number of nitrogens with one attached hydrogen (secondary N) is 2. The zero-order chi connectivity index (χ0) is 14.3. The summed E-state index contributed by atoms with van der Waals surface area (Å²) in [6.07, 6.45) is 0.500. The van der Waals surface area contributed by atoms with Crippen molar-refractivity contribution in [3.8, 4) is 0 Å². The van der Waals surface area contributed by atoms with Crippen LogP contribution < -0.4 is 15.5 Å². The predicted octanol–water partition coefficient (Wildman–Crippen LogP) is 2.13. The first-order chi connectivity index (χ1) is 9.08. The summed E-state index contributed by atoms with van der Waals surface area (Å²) in [6.45, 7) is 4.57. The van der Waals surface area contributed by atoms with Crippen LogP contribution in [-0.4, -0.2) is 33.1 Å². The summed E-state index contributed by atoms with van der Waals surface area (Å²) < 4.78 is 1.05. The molecule has 0 atom stereocenters. The molecule has 0 saturated carbocycles. The van der Waals surface area contributed by atoms with Crippen LogP contribution in [0.25, 0.3) is 0 Å². The molecule has 0 fully saturated rings. The number of carbonyl (C=O) groups is 1. The molecule has 0 radical (unpaired) electrons. The van der Waals surface area contributed by atoms with Gasteiger partial charge in [0, 0.05) is 43.8 Å². The lowest BCUT2D eigenvalue weighted by atomic mass is 10.1. The van der Waals surface area contributed by atoms with E-state index in [2.05, 4.69) is 50.5 Å². The number of amides is 1.